The molecular formula is C17H24N2OS. The number of amides is 1. The molecule has 0 saturated heterocycles. The Hall–Kier alpha value is -1.47. The number of nitriles is 1. The first kappa shape index (κ1) is 17.6. The van der Waals surface area contributed by atoms with Gasteiger partial charge in [-0.2, -0.15) is 5.26 Å². The van der Waals surface area contributed by atoms with Crippen molar-refractivity contribution in [3.63, 3.8) is 0 Å². The Morgan fingerprint density at radius 2 is 1.95 bits per heavy atom. The summed E-state index contributed by atoms with van der Waals surface area (Å²) in [5.74, 6) is -0.0394. The molecule has 4 heteroatoms. The second-order valence-corrected chi connectivity index (χ2v) is 7.37. The number of carbonyl (C=O) groups excluding carboxylic acids is 1. The van der Waals surface area contributed by atoms with E-state index in [1.807, 2.05) is 39.8 Å². The first-order chi connectivity index (χ1) is 9.69. The standard InChI is InChI=1S/C17H24N2OS/c1-11(2)17(6,10-18)19-16(20)14(5)21-15-8-7-12(3)9-13(15)4/h7-9,11,14H,1-6H3,(H,19,20). The van der Waals surface area contributed by atoms with E-state index in [0.717, 1.165) is 4.90 Å². The van der Waals surface area contributed by atoms with Crippen molar-refractivity contribution in [2.24, 2.45) is 5.92 Å². The number of nitrogens with one attached hydrogen (secondary N) is 1. The summed E-state index contributed by atoms with van der Waals surface area (Å²) in [6.45, 7) is 11.6. The third kappa shape index (κ3) is 4.50. The normalized spacial score (nSPS) is 15.1. The minimum atomic E-state index is -0.825. The van der Waals surface area contributed by atoms with Gasteiger partial charge in [0.05, 0.1) is 11.3 Å². The molecule has 1 N–H and O–H groups in total. The smallest absolute Gasteiger partial charge is 0.234 e. The van der Waals surface area contributed by atoms with Gasteiger partial charge in [0.15, 0.2) is 0 Å². The van der Waals surface area contributed by atoms with Crippen molar-refractivity contribution in [2.45, 2.75) is 57.2 Å². The number of rotatable bonds is 5. The zero-order valence-corrected chi connectivity index (χ0v) is 14.5. The van der Waals surface area contributed by atoms with Crippen LogP contribution in [0.3, 0.4) is 0 Å². The fourth-order valence-electron chi connectivity index (χ4n) is 1.83. The maximum atomic E-state index is 12.3. The molecule has 21 heavy (non-hydrogen) atoms. The summed E-state index contributed by atoms with van der Waals surface area (Å²) in [6.07, 6.45) is 0. The fraction of sp³-hybridized carbons (Fsp3) is 0.529. The molecule has 0 aliphatic heterocycles. The van der Waals surface area contributed by atoms with Crippen LogP contribution in [0, 0.1) is 31.1 Å². The van der Waals surface area contributed by atoms with Crippen LogP contribution in [0.2, 0.25) is 0 Å². The third-order valence-electron chi connectivity index (χ3n) is 3.77. The van der Waals surface area contributed by atoms with Crippen LogP contribution in [-0.4, -0.2) is 16.7 Å². The highest BCUT2D eigenvalue weighted by molar-refractivity contribution is 8.00. The van der Waals surface area contributed by atoms with Crippen molar-refractivity contribution in [1.82, 2.24) is 5.32 Å². The highest BCUT2D eigenvalue weighted by atomic mass is 32.2. The lowest BCUT2D eigenvalue weighted by molar-refractivity contribution is -0.121. The average molecular weight is 304 g/mol. The zero-order valence-electron chi connectivity index (χ0n) is 13.7. The monoisotopic (exact) mass is 304 g/mol. The van der Waals surface area contributed by atoms with Gasteiger partial charge in [-0.3, -0.25) is 4.79 Å². The van der Waals surface area contributed by atoms with E-state index in [1.165, 1.54) is 22.9 Å². The number of aryl methyl sites for hydroxylation is 2. The van der Waals surface area contributed by atoms with Gasteiger partial charge in [0.25, 0.3) is 0 Å². The second kappa shape index (κ2) is 7.00. The molecule has 3 nitrogen and oxygen atoms in total. The molecule has 0 radical (unpaired) electrons. The molecule has 1 amide bonds. The van der Waals surface area contributed by atoms with Crippen molar-refractivity contribution in [1.29, 1.82) is 5.26 Å². The van der Waals surface area contributed by atoms with E-state index in [9.17, 15) is 10.1 Å². The Morgan fingerprint density at radius 1 is 1.33 bits per heavy atom. The molecule has 114 valence electrons. The molecule has 0 fully saturated rings. The summed E-state index contributed by atoms with van der Waals surface area (Å²) >= 11 is 1.53. The molecule has 0 spiro atoms. The lowest BCUT2D eigenvalue weighted by atomic mass is 9.90. The summed E-state index contributed by atoms with van der Waals surface area (Å²) in [7, 11) is 0. The Labute approximate surface area is 132 Å². The number of benzene rings is 1. The van der Waals surface area contributed by atoms with E-state index < -0.39 is 5.54 Å². The van der Waals surface area contributed by atoms with E-state index >= 15 is 0 Å². The van der Waals surface area contributed by atoms with E-state index in [0.29, 0.717) is 0 Å². The van der Waals surface area contributed by atoms with Crippen LogP contribution in [-0.2, 0) is 4.79 Å². The third-order valence-corrected chi connectivity index (χ3v) is 5.05. The van der Waals surface area contributed by atoms with E-state index in [-0.39, 0.29) is 17.1 Å². The number of hydrogen-bond acceptors (Lipinski definition) is 3. The first-order valence-electron chi connectivity index (χ1n) is 7.16. The van der Waals surface area contributed by atoms with E-state index in [1.54, 1.807) is 6.92 Å². The van der Waals surface area contributed by atoms with Crippen LogP contribution in [0.5, 0.6) is 0 Å². The summed E-state index contributed by atoms with van der Waals surface area (Å²) in [5, 5.41) is 11.9. The second-order valence-electron chi connectivity index (χ2n) is 5.99. The Balaban J connectivity index is 2.78. The Morgan fingerprint density at radius 3 is 2.43 bits per heavy atom. The van der Waals surface area contributed by atoms with Crippen molar-refractivity contribution in [3.05, 3.63) is 29.3 Å². The largest absolute Gasteiger partial charge is 0.337 e. The van der Waals surface area contributed by atoms with Crippen molar-refractivity contribution >= 4 is 17.7 Å². The van der Waals surface area contributed by atoms with Gasteiger partial charge in [-0.05, 0) is 45.2 Å². The molecule has 0 bridgehead atoms. The summed E-state index contributed by atoms with van der Waals surface area (Å²) in [6, 6.07) is 8.41. The fourth-order valence-corrected chi connectivity index (χ4v) is 2.77. The summed E-state index contributed by atoms with van der Waals surface area (Å²) < 4.78 is 0. The maximum absolute atomic E-state index is 12.3. The van der Waals surface area contributed by atoms with E-state index in [4.69, 9.17) is 0 Å². The minimum Gasteiger partial charge on any atom is -0.337 e. The number of nitrogens with zero attached hydrogens (tertiary/aromatic N) is 1. The van der Waals surface area contributed by atoms with Gasteiger partial charge in [-0.1, -0.05) is 31.5 Å². The lowest BCUT2D eigenvalue weighted by Gasteiger charge is -2.28. The minimum absolute atomic E-state index is 0.0600. The molecule has 0 saturated carbocycles. The molecule has 0 aliphatic carbocycles. The van der Waals surface area contributed by atoms with Crippen LogP contribution in [0.25, 0.3) is 0 Å². The maximum Gasteiger partial charge on any atom is 0.234 e. The summed E-state index contributed by atoms with van der Waals surface area (Å²) in [4.78, 5) is 13.4. The van der Waals surface area contributed by atoms with E-state index in [2.05, 4.69) is 24.4 Å². The van der Waals surface area contributed by atoms with Crippen LogP contribution in [0.4, 0.5) is 0 Å². The Kier molecular flexibility index (Phi) is 5.86. The van der Waals surface area contributed by atoms with Crippen molar-refractivity contribution in [2.75, 3.05) is 0 Å². The number of carbonyl (C=O) groups is 1. The van der Waals surface area contributed by atoms with Gasteiger partial charge < -0.3 is 5.32 Å². The summed E-state index contributed by atoms with van der Waals surface area (Å²) in [5.41, 5.74) is 1.56. The van der Waals surface area contributed by atoms with Gasteiger partial charge in [-0.25, -0.2) is 0 Å². The van der Waals surface area contributed by atoms with Crippen molar-refractivity contribution in [3.8, 4) is 6.07 Å². The number of thioether (sulfide) groups is 1. The molecule has 2 atom stereocenters. The predicted molar refractivity (Wildman–Crippen MR) is 88.2 cm³/mol. The molecule has 1 aromatic rings. The van der Waals surface area contributed by atoms with Gasteiger partial charge in [0.2, 0.25) is 5.91 Å². The zero-order chi connectivity index (χ0) is 16.2. The van der Waals surface area contributed by atoms with Crippen LogP contribution >= 0.6 is 11.8 Å². The number of hydrogen-bond donors (Lipinski definition) is 1. The molecular weight excluding hydrogens is 280 g/mol. The molecule has 1 rings (SSSR count). The predicted octanol–water partition coefficient (Wildman–Crippen LogP) is 3.84. The van der Waals surface area contributed by atoms with Crippen LogP contribution < -0.4 is 5.32 Å². The molecule has 1 aromatic carbocycles. The van der Waals surface area contributed by atoms with Gasteiger partial charge in [0, 0.05) is 4.90 Å². The molecule has 2 unspecified atom stereocenters. The quantitative estimate of drug-likeness (QED) is 0.841. The van der Waals surface area contributed by atoms with Crippen LogP contribution in [0.1, 0.15) is 38.8 Å². The first-order valence-corrected chi connectivity index (χ1v) is 8.04. The van der Waals surface area contributed by atoms with Crippen molar-refractivity contribution < 1.29 is 4.79 Å². The highest BCUT2D eigenvalue weighted by Gasteiger charge is 2.31. The highest BCUT2D eigenvalue weighted by Crippen LogP contribution is 2.28. The SMILES string of the molecule is Cc1ccc(SC(C)C(=O)NC(C)(C#N)C(C)C)c(C)c1. The van der Waals surface area contributed by atoms with Gasteiger partial charge in [0.1, 0.15) is 5.54 Å². The Bertz CT molecular complexity index is 562. The lowest BCUT2D eigenvalue weighted by Crippen LogP contribution is -2.51. The topological polar surface area (TPSA) is 52.9 Å². The van der Waals surface area contributed by atoms with Gasteiger partial charge in [-0.15, -0.1) is 11.8 Å². The molecule has 0 aromatic heterocycles. The van der Waals surface area contributed by atoms with Gasteiger partial charge >= 0.3 is 0 Å². The molecule has 0 heterocycles. The van der Waals surface area contributed by atoms with Crippen LogP contribution in [0.15, 0.2) is 23.1 Å². The molecule has 0 aliphatic rings. The average Bonchev–Trinajstić information content (AvgIpc) is 2.41.